The van der Waals surface area contributed by atoms with Crippen LogP contribution in [0, 0.1) is 6.92 Å². The van der Waals surface area contributed by atoms with E-state index in [2.05, 4.69) is 4.52 Å². The summed E-state index contributed by atoms with van der Waals surface area (Å²) < 4.78 is 15.9. The van der Waals surface area contributed by atoms with Gasteiger partial charge < -0.3 is 14.0 Å². The van der Waals surface area contributed by atoms with Gasteiger partial charge in [-0.25, -0.2) is 0 Å². The number of amides is 1. The normalized spacial score (nSPS) is 13.1. The monoisotopic (exact) mass is 323 g/mol. The summed E-state index contributed by atoms with van der Waals surface area (Å²) in [6, 6.07) is 6.89. The van der Waals surface area contributed by atoms with Crippen molar-refractivity contribution in [2.45, 2.75) is 26.7 Å². The van der Waals surface area contributed by atoms with Crippen LogP contribution in [0.25, 0.3) is 0 Å². The Morgan fingerprint density at radius 2 is 2.05 bits per heavy atom. The quantitative estimate of drug-likeness (QED) is 0.304. The summed E-state index contributed by atoms with van der Waals surface area (Å²) in [6.45, 7) is 3.44. The SMILES string of the molecule is CCOP(=O)([O-])CCCC(=O)N(O)c1ccccc1C.[Na+]. The zero-order chi connectivity index (χ0) is 15.2. The van der Waals surface area contributed by atoms with E-state index in [9.17, 15) is 19.5 Å². The van der Waals surface area contributed by atoms with Crippen LogP contribution in [0.4, 0.5) is 5.69 Å². The van der Waals surface area contributed by atoms with Crippen molar-refractivity contribution < 1.29 is 53.5 Å². The molecule has 0 aromatic heterocycles. The molecule has 112 valence electrons. The van der Waals surface area contributed by atoms with Gasteiger partial charge in [0.25, 0.3) is 5.91 Å². The maximum absolute atomic E-state index is 11.8. The minimum Gasteiger partial charge on any atom is -0.778 e. The summed E-state index contributed by atoms with van der Waals surface area (Å²) in [5.41, 5.74) is 1.15. The molecule has 0 saturated heterocycles. The smallest absolute Gasteiger partial charge is 0.778 e. The molecule has 1 rings (SSSR count). The number of hydrogen-bond donors (Lipinski definition) is 1. The zero-order valence-electron chi connectivity index (χ0n) is 12.6. The molecular weight excluding hydrogens is 304 g/mol. The minimum atomic E-state index is -3.86. The molecule has 6 nitrogen and oxygen atoms in total. The van der Waals surface area contributed by atoms with E-state index in [4.69, 9.17) is 0 Å². The van der Waals surface area contributed by atoms with E-state index in [-0.39, 0.29) is 55.2 Å². The standard InChI is InChI=1S/C13H20NO5P.Na/c1-3-19-20(17,18)10-6-9-13(15)14(16)12-8-5-4-7-11(12)2;/h4-5,7-8,16H,3,6,9-10H2,1-2H3,(H,17,18);/q;+1/p-1. The molecule has 8 heteroatoms. The third-order valence-corrected chi connectivity index (χ3v) is 4.24. The first-order valence-corrected chi connectivity index (χ1v) is 8.12. The number of para-hydroxylation sites is 1. The molecule has 0 aliphatic heterocycles. The fourth-order valence-electron chi connectivity index (χ4n) is 1.73. The maximum Gasteiger partial charge on any atom is 1.00 e. The fourth-order valence-corrected chi connectivity index (χ4v) is 2.79. The van der Waals surface area contributed by atoms with E-state index in [0.29, 0.717) is 10.8 Å². The van der Waals surface area contributed by atoms with Crippen molar-refractivity contribution in [2.24, 2.45) is 0 Å². The van der Waals surface area contributed by atoms with Crippen LogP contribution in [0.5, 0.6) is 0 Å². The Labute approximate surface area is 146 Å². The zero-order valence-corrected chi connectivity index (χ0v) is 15.5. The molecule has 1 N–H and O–H groups in total. The molecule has 21 heavy (non-hydrogen) atoms. The van der Waals surface area contributed by atoms with Crippen molar-refractivity contribution in [1.82, 2.24) is 0 Å². The molecule has 0 fully saturated rings. The van der Waals surface area contributed by atoms with Crippen molar-refractivity contribution in [1.29, 1.82) is 0 Å². The van der Waals surface area contributed by atoms with Crippen molar-refractivity contribution in [3.8, 4) is 0 Å². The van der Waals surface area contributed by atoms with Gasteiger partial charge in [0, 0.05) is 12.6 Å². The summed E-state index contributed by atoms with van der Waals surface area (Å²) >= 11 is 0. The van der Waals surface area contributed by atoms with Gasteiger partial charge >= 0.3 is 29.6 Å². The summed E-state index contributed by atoms with van der Waals surface area (Å²) in [6.07, 6.45) is -0.166. The van der Waals surface area contributed by atoms with Crippen molar-refractivity contribution in [3.05, 3.63) is 29.8 Å². The Bertz CT molecular complexity index is 511. The molecule has 0 aliphatic rings. The average Bonchev–Trinajstić information content (AvgIpc) is 2.38. The van der Waals surface area contributed by atoms with Gasteiger partial charge in [0.15, 0.2) is 0 Å². The van der Waals surface area contributed by atoms with Crippen LogP contribution in [0.1, 0.15) is 25.3 Å². The van der Waals surface area contributed by atoms with Crippen molar-refractivity contribution in [3.63, 3.8) is 0 Å². The van der Waals surface area contributed by atoms with Crippen LogP contribution in [0.2, 0.25) is 0 Å². The van der Waals surface area contributed by atoms with E-state index < -0.39 is 13.5 Å². The van der Waals surface area contributed by atoms with Gasteiger partial charge in [0.2, 0.25) is 0 Å². The molecule has 1 unspecified atom stereocenters. The number of carbonyl (C=O) groups excluding carboxylic acids is 1. The molecule has 0 spiro atoms. The van der Waals surface area contributed by atoms with E-state index in [1.54, 1.807) is 38.1 Å². The number of anilines is 1. The Morgan fingerprint density at radius 3 is 2.62 bits per heavy atom. The first-order chi connectivity index (χ1) is 9.37. The Kier molecular flexibility index (Phi) is 9.65. The first-order valence-electron chi connectivity index (χ1n) is 6.39. The van der Waals surface area contributed by atoms with Crippen LogP contribution in [0.3, 0.4) is 0 Å². The number of nitrogens with zero attached hydrogens (tertiary/aromatic N) is 1. The van der Waals surface area contributed by atoms with E-state index in [1.165, 1.54) is 0 Å². The molecular formula is C13H19NNaO5P. The third-order valence-electron chi connectivity index (χ3n) is 2.73. The number of aryl methyl sites for hydroxylation is 1. The second-order valence-electron chi connectivity index (χ2n) is 4.35. The summed E-state index contributed by atoms with van der Waals surface area (Å²) in [4.78, 5) is 23.1. The van der Waals surface area contributed by atoms with Crippen LogP contribution in [0.15, 0.2) is 24.3 Å². The number of hydrogen-bond acceptors (Lipinski definition) is 5. The first kappa shape index (κ1) is 20.8. The molecule has 0 aliphatic carbocycles. The maximum atomic E-state index is 11.8. The molecule has 0 radical (unpaired) electrons. The summed E-state index contributed by atoms with van der Waals surface area (Å²) in [7, 11) is -3.86. The van der Waals surface area contributed by atoms with Gasteiger partial charge in [-0.1, -0.05) is 18.2 Å². The summed E-state index contributed by atoms with van der Waals surface area (Å²) in [5.74, 6) is -0.546. The Hall–Kier alpha value is -0.200. The van der Waals surface area contributed by atoms with Gasteiger partial charge in [-0.15, -0.1) is 0 Å². The van der Waals surface area contributed by atoms with Gasteiger partial charge in [-0.2, -0.15) is 5.06 Å². The van der Waals surface area contributed by atoms with Gasteiger partial charge in [-0.05, 0) is 31.9 Å². The fraction of sp³-hybridized carbons (Fsp3) is 0.462. The molecule has 0 saturated carbocycles. The number of benzene rings is 1. The molecule has 0 bridgehead atoms. The molecule has 1 amide bonds. The van der Waals surface area contributed by atoms with E-state index in [0.717, 1.165) is 5.56 Å². The van der Waals surface area contributed by atoms with Crippen LogP contribution >= 0.6 is 7.60 Å². The minimum absolute atomic E-state index is 0. The summed E-state index contributed by atoms with van der Waals surface area (Å²) in [5, 5.41) is 10.4. The molecule has 0 heterocycles. The number of carbonyl (C=O) groups is 1. The third kappa shape index (κ3) is 7.06. The molecule has 1 atom stereocenters. The van der Waals surface area contributed by atoms with Gasteiger partial charge in [0.1, 0.15) is 7.60 Å². The van der Waals surface area contributed by atoms with Crippen LogP contribution in [-0.4, -0.2) is 23.9 Å². The van der Waals surface area contributed by atoms with Gasteiger partial charge in [0.05, 0.1) is 12.3 Å². The van der Waals surface area contributed by atoms with E-state index in [1.807, 2.05) is 0 Å². The predicted octanol–water partition coefficient (Wildman–Crippen LogP) is -0.909. The molecule has 1 aromatic rings. The number of hydroxylamine groups is 1. The molecule has 1 aromatic carbocycles. The van der Waals surface area contributed by atoms with Crippen LogP contribution in [-0.2, 0) is 13.9 Å². The Balaban J connectivity index is 0.00000400. The van der Waals surface area contributed by atoms with Gasteiger partial charge in [-0.3, -0.25) is 10.0 Å². The van der Waals surface area contributed by atoms with Crippen molar-refractivity contribution >= 4 is 19.2 Å². The number of rotatable bonds is 7. The predicted molar refractivity (Wildman–Crippen MR) is 73.8 cm³/mol. The second-order valence-corrected chi connectivity index (χ2v) is 6.28. The topological polar surface area (TPSA) is 89.9 Å². The second kappa shape index (κ2) is 9.74. The Morgan fingerprint density at radius 1 is 1.43 bits per heavy atom. The average molecular weight is 323 g/mol. The van der Waals surface area contributed by atoms with E-state index >= 15 is 0 Å². The van der Waals surface area contributed by atoms with Crippen LogP contribution < -0.4 is 39.5 Å². The van der Waals surface area contributed by atoms with Crippen molar-refractivity contribution in [2.75, 3.05) is 17.8 Å². The largest absolute Gasteiger partial charge is 1.00 e.